The second-order valence-corrected chi connectivity index (χ2v) is 22.0. The molecule has 1 fully saturated rings. The first-order valence-corrected chi connectivity index (χ1v) is 17.8. The zero-order valence-corrected chi connectivity index (χ0v) is 26.5. The van der Waals surface area contributed by atoms with Gasteiger partial charge in [-0.2, -0.15) is 0 Å². The van der Waals surface area contributed by atoms with Crippen molar-refractivity contribution >= 4 is 64.8 Å². The number of hydrogen-bond donors (Lipinski definition) is 0. The van der Waals surface area contributed by atoms with Crippen LogP contribution in [0.1, 0.15) is 83.1 Å². The van der Waals surface area contributed by atoms with Crippen molar-refractivity contribution in [2.24, 2.45) is 21.7 Å². The fourth-order valence-corrected chi connectivity index (χ4v) is 18.6. The van der Waals surface area contributed by atoms with E-state index < -0.39 is 0 Å². The van der Waals surface area contributed by atoms with Gasteiger partial charge in [-0.05, 0) is 58.0 Å². The van der Waals surface area contributed by atoms with Crippen molar-refractivity contribution in [3.05, 3.63) is 43.6 Å². The predicted octanol–water partition coefficient (Wildman–Crippen LogP) is 11.1. The third kappa shape index (κ3) is 3.88. The molecule has 0 saturated carbocycles. The molecule has 0 radical (unpaired) electrons. The summed E-state index contributed by atoms with van der Waals surface area (Å²) in [6.45, 7) is 28.9. The lowest BCUT2D eigenvalue weighted by molar-refractivity contribution is 0.373. The van der Waals surface area contributed by atoms with Gasteiger partial charge in [0.25, 0.3) is 0 Å². The number of thioether (sulfide) groups is 2. The first-order chi connectivity index (χ1) is 14.3. The molecule has 0 nitrogen and oxygen atoms in total. The normalized spacial score (nSPS) is 31.4. The van der Waals surface area contributed by atoms with Crippen molar-refractivity contribution in [2.45, 2.75) is 91.9 Å². The van der Waals surface area contributed by atoms with Crippen molar-refractivity contribution in [3.8, 4) is 0 Å². The average Bonchev–Trinajstić information content (AvgIpc) is 3.07. The maximum atomic E-state index is 2.67. The minimum absolute atomic E-state index is 0.00721. The van der Waals surface area contributed by atoms with E-state index in [2.05, 4.69) is 140 Å². The van der Waals surface area contributed by atoms with Crippen molar-refractivity contribution in [3.63, 3.8) is 0 Å². The van der Waals surface area contributed by atoms with Gasteiger partial charge in [0.05, 0.1) is 4.75 Å². The van der Waals surface area contributed by atoms with E-state index in [4.69, 9.17) is 0 Å². The highest BCUT2D eigenvalue weighted by molar-refractivity contribution is 9.26. The van der Waals surface area contributed by atoms with Crippen LogP contribution in [0.5, 0.6) is 0 Å². The largest absolute Gasteiger partial charge is 0.130 e. The summed E-state index contributed by atoms with van der Waals surface area (Å²) in [4.78, 5) is 4.75. The molecule has 0 amide bonds. The molecule has 1 spiro atoms. The molecule has 2 atom stereocenters. The van der Waals surface area contributed by atoms with Gasteiger partial charge in [-0.3, -0.25) is 0 Å². The molecule has 2 unspecified atom stereocenters. The van der Waals surface area contributed by atoms with Gasteiger partial charge in [0.2, 0.25) is 0 Å². The van der Waals surface area contributed by atoms with E-state index in [-0.39, 0.29) is 30.5 Å². The lowest BCUT2D eigenvalue weighted by Gasteiger charge is -2.49. The van der Waals surface area contributed by atoms with Crippen molar-refractivity contribution in [1.82, 2.24) is 0 Å². The van der Waals surface area contributed by atoms with Crippen LogP contribution in [-0.2, 0) is 0 Å². The van der Waals surface area contributed by atoms with Crippen molar-refractivity contribution in [2.75, 3.05) is 0 Å². The number of allylic oxidation sites excluding steroid dienone is 3. The maximum absolute atomic E-state index is 2.67. The second kappa shape index (κ2) is 7.78. The Labute approximate surface area is 220 Å². The molecule has 32 heavy (non-hydrogen) atoms. The molecule has 1 saturated heterocycles. The van der Waals surface area contributed by atoms with E-state index in [1.807, 2.05) is 19.7 Å². The molecule has 178 valence electrons. The Balaban J connectivity index is 2.05. The van der Waals surface area contributed by atoms with Gasteiger partial charge in [-0.1, -0.05) is 140 Å². The summed E-state index contributed by atoms with van der Waals surface area (Å²) < 4.78 is -0.0199. The minimum Gasteiger partial charge on any atom is -0.0987 e. The standard InChI is InChI=1S/C26H38S6/c1-21(2,3)15-13-17(23(7,8)9)26-19(15)27-18-16(22(4,5)6)14-25(20(18)28-26,24(10,11)12)29-31-32-30-26/h13-14H,1-12H3. The molecule has 0 aromatic rings. The summed E-state index contributed by atoms with van der Waals surface area (Å²) >= 11 is 4.31. The number of rotatable bonds is 0. The molecule has 4 rings (SSSR count). The Morgan fingerprint density at radius 3 is 1.78 bits per heavy atom. The summed E-state index contributed by atoms with van der Waals surface area (Å²) in [6, 6.07) is 0. The highest BCUT2D eigenvalue weighted by atomic mass is 33.7. The molecule has 2 heterocycles. The van der Waals surface area contributed by atoms with E-state index in [1.54, 1.807) is 31.4 Å². The van der Waals surface area contributed by atoms with E-state index in [0.717, 1.165) is 0 Å². The van der Waals surface area contributed by atoms with Crippen LogP contribution in [0.4, 0.5) is 0 Å². The SMILES string of the molecule is CC(C)(C)C1=CC2(C(C)(C)C)SSSSC34SC2=C1SC3=C(C(C)(C)C)C=C4C(C)(C)C. The van der Waals surface area contributed by atoms with Crippen LogP contribution < -0.4 is 0 Å². The van der Waals surface area contributed by atoms with E-state index >= 15 is 0 Å². The van der Waals surface area contributed by atoms with Gasteiger partial charge in [-0.25, -0.2) is 0 Å². The van der Waals surface area contributed by atoms with E-state index in [9.17, 15) is 0 Å². The summed E-state index contributed by atoms with van der Waals surface area (Å²) in [5.41, 5.74) is 5.18. The predicted molar refractivity (Wildman–Crippen MR) is 159 cm³/mol. The highest BCUT2D eigenvalue weighted by Gasteiger charge is 2.62. The first kappa shape index (κ1) is 26.1. The van der Waals surface area contributed by atoms with E-state index in [0.29, 0.717) is 0 Å². The molecule has 2 bridgehead atoms. The van der Waals surface area contributed by atoms with Gasteiger partial charge in [0.15, 0.2) is 0 Å². The lowest BCUT2D eigenvalue weighted by atomic mass is 9.79. The molecule has 6 heteroatoms. The monoisotopic (exact) mass is 542 g/mol. The smallest absolute Gasteiger partial charge is 0.0987 e. The molecule has 0 aromatic carbocycles. The van der Waals surface area contributed by atoms with Gasteiger partial charge in [0.1, 0.15) is 4.08 Å². The molecular weight excluding hydrogens is 505 g/mol. The molecule has 0 N–H and O–H groups in total. The quantitative estimate of drug-likeness (QED) is 0.277. The Bertz CT molecular complexity index is 968. The molecule has 2 aliphatic heterocycles. The number of hydrogen-bond acceptors (Lipinski definition) is 6. The minimum atomic E-state index is -0.0271. The van der Waals surface area contributed by atoms with Crippen LogP contribution in [0, 0.1) is 21.7 Å². The van der Waals surface area contributed by atoms with Gasteiger partial charge < -0.3 is 0 Å². The fraction of sp³-hybridized carbons (Fsp3) is 0.692. The third-order valence-electron chi connectivity index (χ3n) is 6.66. The van der Waals surface area contributed by atoms with Crippen LogP contribution in [0.15, 0.2) is 43.6 Å². The van der Waals surface area contributed by atoms with Crippen molar-refractivity contribution in [1.29, 1.82) is 0 Å². The van der Waals surface area contributed by atoms with Crippen LogP contribution in [0.2, 0.25) is 0 Å². The first-order valence-electron chi connectivity index (χ1n) is 11.4. The van der Waals surface area contributed by atoms with E-state index in [1.165, 1.54) is 0 Å². The summed E-state index contributed by atoms with van der Waals surface area (Å²) in [7, 11) is 8.16. The Morgan fingerprint density at radius 1 is 0.688 bits per heavy atom. The van der Waals surface area contributed by atoms with Gasteiger partial charge >= 0.3 is 0 Å². The Kier molecular flexibility index (Phi) is 6.35. The average molecular weight is 543 g/mol. The van der Waals surface area contributed by atoms with Gasteiger partial charge in [-0.15, -0.1) is 0 Å². The zero-order valence-electron chi connectivity index (χ0n) is 21.6. The van der Waals surface area contributed by atoms with Gasteiger partial charge in [0, 0.05) is 14.7 Å². The Hall–Kier alpha value is 1.06. The Morgan fingerprint density at radius 2 is 1.28 bits per heavy atom. The molecule has 0 aromatic heterocycles. The summed E-state index contributed by atoms with van der Waals surface area (Å²) in [5.74, 6) is 0. The molecule has 2 aliphatic carbocycles. The maximum Gasteiger partial charge on any atom is 0.130 e. The lowest BCUT2D eigenvalue weighted by Crippen LogP contribution is -2.41. The molecular formula is C26H38S6. The van der Waals surface area contributed by atoms with Crippen LogP contribution in [0.3, 0.4) is 0 Å². The summed E-state index contributed by atoms with van der Waals surface area (Å²) in [6.07, 6.45) is 5.25. The van der Waals surface area contributed by atoms with Crippen LogP contribution >= 0.6 is 64.8 Å². The summed E-state index contributed by atoms with van der Waals surface area (Å²) in [5, 5.41) is 0. The van der Waals surface area contributed by atoms with Crippen molar-refractivity contribution < 1.29 is 0 Å². The van der Waals surface area contributed by atoms with Crippen LogP contribution in [0.25, 0.3) is 0 Å². The zero-order chi connectivity index (χ0) is 24.1. The fourth-order valence-electron chi connectivity index (χ4n) is 4.72. The third-order valence-corrected chi connectivity index (χ3v) is 18.2. The van der Waals surface area contributed by atoms with Crippen LogP contribution in [-0.4, -0.2) is 8.83 Å². The topological polar surface area (TPSA) is 0 Å². The molecule has 4 aliphatic rings. The highest BCUT2D eigenvalue weighted by Crippen LogP contribution is 2.80. The second-order valence-electron chi connectivity index (χ2n) is 13.4.